The summed E-state index contributed by atoms with van der Waals surface area (Å²) in [6.45, 7) is 0. The molecule has 0 amide bonds. The number of fused-ring (bicyclic) bond motifs is 3. The summed E-state index contributed by atoms with van der Waals surface area (Å²) >= 11 is 1.22. The van der Waals surface area contributed by atoms with Gasteiger partial charge >= 0.3 is 10.1 Å². The van der Waals surface area contributed by atoms with Crippen molar-refractivity contribution in [1.29, 1.82) is 0 Å². The van der Waals surface area contributed by atoms with E-state index in [1.807, 2.05) is 24.3 Å². The molecule has 138 valence electrons. The van der Waals surface area contributed by atoms with Crippen LogP contribution in [0.15, 0.2) is 47.3 Å². The van der Waals surface area contributed by atoms with E-state index in [1.165, 1.54) is 24.5 Å². The molecule has 9 heteroatoms. The molecule has 7 nitrogen and oxygen atoms in total. The lowest BCUT2D eigenvalue weighted by molar-refractivity contribution is 0.413. The normalized spacial score (nSPS) is 12.7. The minimum absolute atomic E-state index is 0.119. The molecular weight excluding hydrogens is 388 g/mol. The van der Waals surface area contributed by atoms with E-state index in [4.69, 9.17) is 8.92 Å². The van der Waals surface area contributed by atoms with Crippen LogP contribution in [-0.4, -0.2) is 31.2 Å². The number of rotatable bonds is 4. The standard InChI is InChI=1S/C18H14N2O5S2/c1-24-12-7-8-15(25-27(2,22)23)11(9-12)10-16-17(21)20-14-6-4-3-5-13(14)19-18(20)26-16/h3-10H,1-2H3. The smallest absolute Gasteiger partial charge is 0.306 e. The number of thiazole rings is 1. The highest BCUT2D eigenvalue weighted by Gasteiger charge is 2.13. The maximum atomic E-state index is 12.9. The molecule has 2 heterocycles. The summed E-state index contributed by atoms with van der Waals surface area (Å²) in [5.41, 5.74) is 1.67. The Morgan fingerprint density at radius 3 is 2.70 bits per heavy atom. The zero-order chi connectivity index (χ0) is 19.2. The first kappa shape index (κ1) is 17.5. The number of nitrogens with zero attached hydrogens (tertiary/aromatic N) is 2. The van der Waals surface area contributed by atoms with Crippen molar-refractivity contribution in [2.45, 2.75) is 0 Å². The van der Waals surface area contributed by atoms with Gasteiger partial charge in [-0.15, -0.1) is 0 Å². The Labute approximate surface area is 158 Å². The Kier molecular flexibility index (Phi) is 4.12. The van der Waals surface area contributed by atoms with Gasteiger partial charge in [-0.3, -0.25) is 4.79 Å². The quantitative estimate of drug-likeness (QED) is 0.484. The second kappa shape index (κ2) is 6.36. The van der Waals surface area contributed by atoms with Crippen molar-refractivity contribution in [2.75, 3.05) is 13.4 Å². The highest BCUT2D eigenvalue weighted by Crippen LogP contribution is 2.26. The average Bonchev–Trinajstić information content (AvgIpc) is 3.12. The number of hydrogen-bond donors (Lipinski definition) is 0. The molecule has 0 spiro atoms. The number of imidazole rings is 1. The van der Waals surface area contributed by atoms with E-state index in [2.05, 4.69) is 4.98 Å². The largest absolute Gasteiger partial charge is 0.497 e. The molecule has 0 saturated heterocycles. The molecule has 0 saturated carbocycles. The van der Waals surface area contributed by atoms with Crippen LogP contribution in [0.25, 0.3) is 22.1 Å². The van der Waals surface area contributed by atoms with Crippen LogP contribution in [0.1, 0.15) is 5.56 Å². The lowest BCUT2D eigenvalue weighted by Gasteiger charge is -2.08. The van der Waals surface area contributed by atoms with Crippen molar-refractivity contribution in [3.63, 3.8) is 0 Å². The van der Waals surface area contributed by atoms with E-state index >= 15 is 0 Å². The predicted molar refractivity (Wildman–Crippen MR) is 104 cm³/mol. The fourth-order valence-electron chi connectivity index (χ4n) is 2.76. The molecule has 0 N–H and O–H groups in total. The molecule has 0 aliphatic heterocycles. The van der Waals surface area contributed by atoms with Gasteiger partial charge in [-0.1, -0.05) is 23.5 Å². The molecule has 0 atom stereocenters. The Hall–Kier alpha value is -2.91. The molecule has 0 bridgehead atoms. The number of hydrogen-bond acceptors (Lipinski definition) is 7. The molecule has 2 aromatic carbocycles. The second-order valence-electron chi connectivity index (χ2n) is 5.83. The molecule has 4 aromatic rings. The Bertz CT molecular complexity index is 1390. The molecule has 0 fully saturated rings. The van der Waals surface area contributed by atoms with Crippen LogP contribution in [0.2, 0.25) is 0 Å². The molecular formula is C18H14N2O5S2. The molecule has 0 radical (unpaired) electrons. The van der Waals surface area contributed by atoms with Gasteiger partial charge in [-0.05, 0) is 36.4 Å². The summed E-state index contributed by atoms with van der Waals surface area (Å²) in [5.74, 6) is 0.634. The summed E-state index contributed by atoms with van der Waals surface area (Å²) in [7, 11) is -2.22. The van der Waals surface area contributed by atoms with Crippen LogP contribution in [0, 0.1) is 0 Å². The Morgan fingerprint density at radius 2 is 1.96 bits per heavy atom. The third-order valence-electron chi connectivity index (χ3n) is 3.89. The maximum absolute atomic E-state index is 12.9. The topological polar surface area (TPSA) is 87.0 Å². The van der Waals surface area contributed by atoms with Crippen molar-refractivity contribution in [1.82, 2.24) is 9.38 Å². The van der Waals surface area contributed by atoms with Crippen molar-refractivity contribution in [3.8, 4) is 11.5 Å². The summed E-state index contributed by atoms with van der Waals surface area (Å²) in [6.07, 6.45) is 2.55. The molecule has 0 unspecified atom stereocenters. The van der Waals surface area contributed by atoms with E-state index in [1.54, 1.807) is 22.6 Å². The van der Waals surface area contributed by atoms with E-state index in [-0.39, 0.29) is 11.3 Å². The summed E-state index contributed by atoms with van der Waals surface area (Å²) < 4.78 is 35.2. The maximum Gasteiger partial charge on any atom is 0.306 e. The zero-order valence-corrected chi connectivity index (χ0v) is 16.0. The van der Waals surface area contributed by atoms with Gasteiger partial charge in [0.25, 0.3) is 5.56 Å². The first-order valence-corrected chi connectivity index (χ1v) is 10.5. The SMILES string of the molecule is COc1ccc(OS(C)(=O)=O)c(C=c2sc3nc4ccccc4n3c2=O)c1. The van der Waals surface area contributed by atoms with E-state index in [0.717, 1.165) is 17.3 Å². The zero-order valence-electron chi connectivity index (χ0n) is 14.4. The van der Waals surface area contributed by atoms with Crippen LogP contribution >= 0.6 is 11.3 Å². The van der Waals surface area contributed by atoms with E-state index < -0.39 is 10.1 Å². The monoisotopic (exact) mass is 402 g/mol. The Morgan fingerprint density at radius 1 is 1.19 bits per heavy atom. The van der Waals surface area contributed by atoms with Gasteiger partial charge < -0.3 is 8.92 Å². The fraction of sp³-hybridized carbons (Fsp3) is 0.111. The molecule has 0 aliphatic rings. The second-order valence-corrected chi connectivity index (χ2v) is 8.41. The van der Waals surface area contributed by atoms with Crippen molar-refractivity contribution >= 4 is 43.5 Å². The number of benzene rings is 2. The first-order chi connectivity index (χ1) is 12.9. The highest BCUT2D eigenvalue weighted by molar-refractivity contribution is 7.86. The van der Waals surface area contributed by atoms with Crippen LogP contribution in [0.5, 0.6) is 11.5 Å². The molecule has 27 heavy (non-hydrogen) atoms. The van der Waals surface area contributed by atoms with Crippen molar-refractivity contribution < 1.29 is 17.3 Å². The van der Waals surface area contributed by atoms with Gasteiger partial charge in [0, 0.05) is 5.56 Å². The van der Waals surface area contributed by atoms with Crippen molar-refractivity contribution in [2.24, 2.45) is 0 Å². The fourth-order valence-corrected chi connectivity index (χ4v) is 4.21. The van der Waals surface area contributed by atoms with Gasteiger partial charge in [0.15, 0.2) is 4.96 Å². The number of methoxy groups -OCH3 is 1. The third-order valence-corrected chi connectivity index (χ3v) is 5.34. The van der Waals surface area contributed by atoms with E-state index in [9.17, 15) is 13.2 Å². The van der Waals surface area contributed by atoms with Crippen molar-refractivity contribution in [3.05, 3.63) is 62.9 Å². The van der Waals surface area contributed by atoms with Crippen LogP contribution in [-0.2, 0) is 10.1 Å². The minimum atomic E-state index is -3.72. The molecule has 4 rings (SSSR count). The number of aromatic nitrogens is 2. The third kappa shape index (κ3) is 3.26. The van der Waals surface area contributed by atoms with Crippen LogP contribution in [0.4, 0.5) is 0 Å². The first-order valence-electron chi connectivity index (χ1n) is 7.85. The number of ether oxygens (including phenoxy) is 1. The van der Waals surface area contributed by atoms with E-state index in [0.29, 0.717) is 20.8 Å². The minimum Gasteiger partial charge on any atom is -0.497 e. The number of para-hydroxylation sites is 2. The van der Waals surface area contributed by atoms with Gasteiger partial charge in [0.2, 0.25) is 0 Å². The summed E-state index contributed by atoms with van der Waals surface area (Å²) in [6, 6.07) is 12.1. The average molecular weight is 402 g/mol. The van der Waals surface area contributed by atoms with Crippen LogP contribution in [0.3, 0.4) is 0 Å². The summed E-state index contributed by atoms with van der Waals surface area (Å²) in [5, 5.41) is 0. The highest BCUT2D eigenvalue weighted by atomic mass is 32.2. The summed E-state index contributed by atoms with van der Waals surface area (Å²) in [4.78, 5) is 17.9. The lowest BCUT2D eigenvalue weighted by Crippen LogP contribution is -2.22. The molecule has 0 aliphatic carbocycles. The van der Waals surface area contributed by atoms with Gasteiger partial charge in [-0.2, -0.15) is 8.42 Å². The molecule has 2 aromatic heterocycles. The Balaban J connectivity index is 1.95. The van der Waals surface area contributed by atoms with Gasteiger partial charge in [-0.25, -0.2) is 9.38 Å². The van der Waals surface area contributed by atoms with Crippen LogP contribution < -0.4 is 19.0 Å². The van der Waals surface area contributed by atoms with Gasteiger partial charge in [0.1, 0.15) is 11.5 Å². The predicted octanol–water partition coefficient (Wildman–Crippen LogP) is 1.80. The van der Waals surface area contributed by atoms with Gasteiger partial charge in [0.05, 0.1) is 28.9 Å². The lowest BCUT2D eigenvalue weighted by atomic mass is 10.2.